The molecule has 2 N–H and O–H groups in total. The number of methoxy groups -OCH3 is 2. The summed E-state index contributed by atoms with van der Waals surface area (Å²) in [5.74, 6) is -2.71. The zero-order valence-electron chi connectivity index (χ0n) is 22.0. The molecule has 4 aromatic rings. The second-order valence-corrected chi connectivity index (χ2v) is 9.77. The van der Waals surface area contributed by atoms with E-state index in [0.29, 0.717) is 5.56 Å². The molecule has 0 bridgehead atoms. The minimum Gasteiger partial charge on any atom is -0.496 e. The van der Waals surface area contributed by atoms with Crippen molar-refractivity contribution in [3.63, 3.8) is 0 Å². The first-order valence-corrected chi connectivity index (χ1v) is 12.9. The van der Waals surface area contributed by atoms with Crippen LogP contribution in [0.3, 0.4) is 0 Å². The van der Waals surface area contributed by atoms with E-state index in [-0.39, 0.29) is 56.0 Å². The molecule has 4 rings (SSSR count). The maximum absolute atomic E-state index is 15.0. The fourth-order valence-corrected chi connectivity index (χ4v) is 4.58. The molecule has 0 fully saturated rings. The number of hydrogen-bond acceptors (Lipinski definition) is 6. The number of alkyl halides is 3. The van der Waals surface area contributed by atoms with Gasteiger partial charge in [-0.1, -0.05) is 30.3 Å². The highest BCUT2D eigenvalue weighted by Gasteiger charge is 2.29. The van der Waals surface area contributed by atoms with E-state index in [1.165, 1.54) is 80.9 Å². The fraction of sp³-hybridized carbons (Fsp3) is 0.100. The summed E-state index contributed by atoms with van der Waals surface area (Å²) >= 11 is -0.314. The third kappa shape index (κ3) is 7.26. The van der Waals surface area contributed by atoms with Crippen LogP contribution >= 0.6 is 11.8 Å². The first kappa shape index (κ1) is 30.1. The molecule has 42 heavy (non-hydrogen) atoms. The second-order valence-electron chi connectivity index (χ2n) is 8.63. The van der Waals surface area contributed by atoms with E-state index in [4.69, 9.17) is 4.74 Å². The highest BCUT2D eigenvalue weighted by atomic mass is 32.2. The van der Waals surface area contributed by atoms with Crippen molar-refractivity contribution < 1.29 is 41.4 Å². The predicted molar refractivity (Wildman–Crippen MR) is 150 cm³/mol. The van der Waals surface area contributed by atoms with Crippen molar-refractivity contribution >= 4 is 40.9 Å². The Labute approximate surface area is 241 Å². The molecule has 0 saturated heterocycles. The molecule has 0 heterocycles. The normalized spacial score (nSPS) is 11.0. The number of rotatable bonds is 8. The van der Waals surface area contributed by atoms with Crippen LogP contribution in [0.1, 0.15) is 31.1 Å². The molecule has 7 nitrogen and oxygen atoms in total. The predicted octanol–water partition coefficient (Wildman–Crippen LogP) is 7.40. The van der Waals surface area contributed by atoms with E-state index in [9.17, 15) is 31.9 Å². The van der Waals surface area contributed by atoms with Gasteiger partial charge < -0.3 is 20.1 Å². The monoisotopic (exact) mass is 598 g/mol. The summed E-state index contributed by atoms with van der Waals surface area (Å²) in [5, 5.41) is 5.16. The molecule has 0 spiro atoms. The molecule has 0 aliphatic carbocycles. The molecule has 0 atom stereocenters. The van der Waals surface area contributed by atoms with Crippen molar-refractivity contribution in [2.24, 2.45) is 0 Å². The number of ether oxygens (including phenoxy) is 2. The van der Waals surface area contributed by atoms with Crippen LogP contribution in [0.2, 0.25) is 0 Å². The van der Waals surface area contributed by atoms with E-state index in [1.807, 2.05) is 0 Å². The minimum absolute atomic E-state index is 0.0272. The molecule has 0 radical (unpaired) electrons. The number of hydrogen-bond donors (Lipinski definition) is 2. The molecule has 0 unspecified atom stereocenters. The van der Waals surface area contributed by atoms with Gasteiger partial charge in [-0.3, -0.25) is 9.59 Å². The van der Waals surface area contributed by atoms with E-state index >= 15 is 0 Å². The first-order chi connectivity index (χ1) is 20.0. The summed E-state index contributed by atoms with van der Waals surface area (Å²) in [4.78, 5) is 38.0. The lowest BCUT2D eigenvalue weighted by Gasteiger charge is -2.15. The summed E-state index contributed by atoms with van der Waals surface area (Å²) in [6.45, 7) is 0. The number of anilines is 2. The van der Waals surface area contributed by atoms with Gasteiger partial charge in [0.05, 0.1) is 36.6 Å². The Hall–Kier alpha value is -4.84. The molecule has 0 aliphatic heterocycles. The van der Waals surface area contributed by atoms with Crippen LogP contribution < -0.4 is 15.4 Å². The van der Waals surface area contributed by atoms with Crippen molar-refractivity contribution in [2.75, 3.05) is 24.9 Å². The Kier molecular flexibility index (Phi) is 9.16. The number of amides is 2. The lowest BCUT2D eigenvalue weighted by Crippen LogP contribution is -2.19. The third-order valence-corrected chi connectivity index (χ3v) is 6.62. The van der Waals surface area contributed by atoms with Crippen molar-refractivity contribution in [3.8, 4) is 16.9 Å². The van der Waals surface area contributed by atoms with Gasteiger partial charge in [0.15, 0.2) is 0 Å². The van der Waals surface area contributed by atoms with Crippen LogP contribution in [0.15, 0.2) is 89.8 Å². The van der Waals surface area contributed by atoms with Crippen LogP contribution in [-0.4, -0.2) is 37.5 Å². The number of esters is 1. The zero-order valence-corrected chi connectivity index (χ0v) is 22.9. The minimum atomic E-state index is -4.49. The van der Waals surface area contributed by atoms with Crippen LogP contribution in [-0.2, 0) is 4.74 Å². The van der Waals surface area contributed by atoms with Gasteiger partial charge in [-0.25, -0.2) is 9.18 Å². The lowest BCUT2D eigenvalue weighted by atomic mass is 10.00. The maximum Gasteiger partial charge on any atom is 0.446 e. The molecule has 0 saturated carbocycles. The van der Waals surface area contributed by atoms with Crippen molar-refractivity contribution in [2.45, 2.75) is 10.4 Å². The Morgan fingerprint density at radius 3 is 2.14 bits per heavy atom. The van der Waals surface area contributed by atoms with Gasteiger partial charge in [-0.05, 0) is 65.9 Å². The lowest BCUT2D eigenvalue weighted by molar-refractivity contribution is -0.0328. The number of carbonyl (C=O) groups excluding carboxylic acids is 3. The van der Waals surface area contributed by atoms with Crippen LogP contribution in [0, 0.1) is 5.82 Å². The van der Waals surface area contributed by atoms with E-state index < -0.39 is 29.1 Å². The SMILES string of the molecule is COC(=O)c1ccc(-c2cc(C(=O)Nc3ccccc3C(=O)Nc3cccc(SC(F)(F)F)c3)c(OC)cc2F)cc1. The smallest absolute Gasteiger partial charge is 0.446 e. The van der Waals surface area contributed by atoms with Gasteiger partial charge in [0, 0.05) is 22.2 Å². The van der Waals surface area contributed by atoms with Crippen LogP contribution in [0.5, 0.6) is 5.75 Å². The number of para-hydroxylation sites is 1. The quantitative estimate of drug-likeness (QED) is 0.125. The fourth-order valence-electron chi connectivity index (χ4n) is 3.98. The number of benzene rings is 4. The summed E-state index contributed by atoms with van der Waals surface area (Å²) in [6.07, 6.45) is 0. The maximum atomic E-state index is 15.0. The molecule has 0 aliphatic rings. The molecule has 2 amide bonds. The molecular weight excluding hydrogens is 576 g/mol. The molecule has 4 aromatic carbocycles. The average molecular weight is 599 g/mol. The van der Waals surface area contributed by atoms with Gasteiger partial charge >= 0.3 is 11.5 Å². The Morgan fingerprint density at radius 2 is 1.48 bits per heavy atom. The topological polar surface area (TPSA) is 93.7 Å². The van der Waals surface area contributed by atoms with Crippen molar-refractivity contribution in [1.82, 2.24) is 0 Å². The van der Waals surface area contributed by atoms with Crippen LogP contribution in [0.25, 0.3) is 11.1 Å². The van der Waals surface area contributed by atoms with Gasteiger partial charge in [0.1, 0.15) is 11.6 Å². The Balaban J connectivity index is 1.60. The van der Waals surface area contributed by atoms with Gasteiger partial charge in [-0.15, -0.1) is 0 Å². The van der Waals surface area contributed by atoms with Crippen molar-refractivity contribution in [3.05, 3.63) is 107 Å². The molecular formula is C30H22F4N2O5S. The Morgan fingerprint density at radius 1 is 0.786 bits per heavy atom. The standard InChI is InChI=1S/C30H22F4N2O5S/c1-40-26-16-24(31)22(17-10-12-18(13-11-17)29(39)41-2)15-23(26)28(38)36-25-9-4-3-8-21(25)27(37)35-19-6-5-7-20(14-19)42-30(32,33)34/h3-16H,1-2H3,(H,35,37)(H,36,38). The summed E-state index contributed by atoms with van der Waals surface area (Å²) in [5.41, 5.74) is -3.60. The summed E-state index contributed by atoms with van der Waals surface area (Å²) in [7, 11) is 2.50. The highest BCUT2D eigenvalue weighted by Crippen LogP contribution is 2.37. The molecule has 0 aromatic heterocycles. The number of nitrogens with one attached hydrogen (secondary N) is 2. The average Bonchev–Trinajstić information content (AvgIpc) is 2.96. The van der Waals surface area contributed by atoms with E-state index in [2.05, 4.69) is 15.4 Å². The number of halogens is 4. The Bertz CT molecular complexity index is 1640. The second kappa shape index (κ2) is 12.8. The van der Waals surface area contributed by atoms with Gasteiger partial charge in [0.2, 0.25) is 0 Å². The van der Waals surface area contributed by atoms with E-state index in [1.54, 1.807) is 12.1 Å². The number of thioether (sulfide) groups is 1. The highest BCUT2D eigenvalue weighted by molar-refractivity contribution is 8.00. The third-order valence-electron chi connectivity index (χ3n) is 5.90. The van der Waals surface area contributed by atoms with Gasteiger partial charge in [-0.2, -0.15) is 13.2 Å². The molecule has 12 heteroatoms. The zero-order chi connectivity index (χ0) is 30.4. The summed E-state index contributed by atoms with van der Waals surface area (Å²) < 4.78 is 63.2. The van der Waals surface area contributed by atoms with Gasteiger partial charge in [0.25, 0.3) is 11.8 Å². The van der Waals surface area contributed by atoms with Crippen molar-refractivity contribution in [1.29, 1.82) is 0 Å². The van der Waals surface area contributed by atoms with Crippen LogP contribution in [0.4, 0.5) is 28.9 Å². The largest absolute Gasteiger partial charge is 0.496 e. The molecule has 216 valence electrons. The number of carbonyl (C=O) groups is 3. The van der Waals surface area contributed by atoms with E-state index in [0.717, 1.165) is 6.07 Å². The summed E-state index contributed by atoms with van der Waals surface area (Å²) in [6, 6.07) is 19.5. The first-order valence-electron chi connectivity index (χ1n) is 12.1.